The van der Waals surface area contributed by atoms with Gasteiger partial charge in [-0.05, 0) is 55.0 Å². The molecule has 0 radical (unpaired) electrons. The molecule has 0 bridgehead atoms. The Morgan fingerprint density at radius 1 is 0.886 bits per heavy atom. The number of alkyl halides is 3. The maximum atomic E-state index is 12.0. The van der Waals surface area contributed by atoms with Crippen molar-refractivity contribution in [2.24, 2.45) is 11.8 Å². The van der Waals surface area contributed by atoms with Crippen molar-refractivity contribution in [3.05, 3.63) is 65.5 Å². The van der Waals surface area contributed by atoms with Crippen molar-refractivity contribution in [2.45, 2.75) is 72.4 Å². The van der Waals surface area contributed by atoms with Gasteiger partial charge in [-0.2, -0.15) is 13.2 Å². The van der Waals surface area contributed by atoms with Crippen LogP contribution in [0.15, 0.2) is 48.5 Å². The molecule has 2 aromatic carbocycles. The highest BCUT2D eigenvalue weighted by Crippen LogP contribution is 2.30. The van der Waals surface area contributed by atoms with Gasteiger partial charge in [-0.3, -0.25) is 0 Å². The molecule has 1 aliphatic rings. The van der Waals surface area contributed by atoms with Crippen molar-refractivity contribution in [3.8, 4) is 0 Å². The molecule has 0 unspecified atom stereocenters. The van der Waals surface area contributed by atoms with Gasteiger partial charge in [0, 0.05) is 19.5 Å². The van der Waals surface area contributed by atoms with E-state index in [0.717, 1.165) is 58.5 Å². The molecule has 1 fully saturated rings. The average Bonchev–Trinajstić information content (AvgIpc) is 2.84. The summed E-state index contributed by atoms with van der Waals surface area (Å²) in [7, 11) is 3.99. The summed E-state index contributed by atoms with van der Waals surface area (Å²) < 4.78 is 36.1. The lowest BCUT2D eigenvalue weighted by Gasteiger charge is -2.24. The van der Waals surface area contributed by atoms with E-state index in [1.807, 2.05) is 57.1 Å². The van der Waals surface area contributed by atoms with Gasteiger partial charge in [0.05, 0.1) is 11.1 Å². The number of fused-ring (bicyclic) bond motifs is 1. The normalized spacial score (nSPS) is 17.6. The number of benzene rings is 2. The lowest BCUT2D eigenvalue weighted by molar-refractivity contribution is -0.137. The Labute approximate surface area is 208 Å². The number of para-hydroxylation sites is 1. The lowest BCUT2D eigenvalue weighted by atomic mass is 9.82. The molecule has 3 nitrogen and oxygen atoms in total. The van der Waals surface area contributed by atoms with Crippen molar-refractivity contribution in [1.82, 2.24) is 9.97 Å². The quantitative estimate of drug-likeness (QED) is 0.371. The van der Waals surface area contributed by atoms with Crippen molar-refractivity contribution >= 4 is 16.7 Å². The van der Waals surface area contributed by atoms with Crippen LogP contribution < -0.4 is 4.90 Å². The van der Waals surface area contributed by atoms with E-state index in [4.69, 9.17) is 0 Å². The number of hydrogen-bond donors (Lipinski definition) is 0. The maximum absolute atomic E-state index is 12.0. The molecule has 35 heavy (non-hydrogen) atoms. The maximum Gasteiger partial charge on any atom is 0.416 e. The minimum absolute atomic E-state index is 0.584. The predicted molar refractivity (Wildman–Crippen MR) is 141 cm³/mol. The number of halogens is 3. The molecular formula is C29H40F3N3. The third-order valence-corrected chi connectivity index (χ3v) is 6.52. The Balaban J connectivity index is 0.000000190. The highest BCUT2D eigenvalue weighted by Gasteiger charge is 2.29. The van der Waals surface area contributed by atoms with Crippen LogP contribution in [0.4, 0.5) is 19.0 Å². The van der Waals surface area contributed by atoms with Crippen molar-refractivity contribution in [2.75, 3.05) is 19.0 Å². The van der Waals surface area contributed by atoms with Crippen molar-refractivity contribution in [3.63, 3.8) is 0 Å². The smallest absolute Gasteiger partial charge is 0.362 e. The van der Waals surface area contributed by atoms with Crippen LogP contribution in [-0.4, -0.2) is 24.1 Å². The Morgan fingerprint density at radius 2 is 1.49 bits per heavy atom. The minimum atomic E-state index is -4.22. The van der Waals surface area contributed by atoms with Crippen LogP contribution >= 0.6 is 0 Å². The Morgan fingerprint density at radius 3 is 2.00 bits per heavy atom. The lowest BCUT2D eigenvalue weighted by Crippen LogP contribution is -2.12. The predicted octanol–water partition coefficient (Wildman–Crippen LogP) is 8.49. The van der Waals surface area contributed by atoms with Gasteiger partial charge in [-0.15, -0.1) is 0 Å². The molecule has 6 heteroatoms. The number of aryl methyl sites for hydroxylation is 2. The average molecular weight is 488 g/mol. The molecule has 3 aromatic rings. The molecule has 4 rings (SSSR count). The van der Waals surface area contributed by atoms with E-state index < -0.39 is 11.7 Å². The first kappa shape index (κ1) is 28.6. The van der Waals surface area contributed by atoms with Gasteiger partial charge in [0.15, 0.2) is 0 Å². The number of anilines is 1. The summed E-state index contributed by atoms with van der Waals surface area (Å²) in [4.78, 5) is 10.8. The number of rotatable bonds is 3. The second kappa shape index (κ2) is 13.5. The zero-order valence-corrected chi connectivity index (χ0v) is 22.0. The molecule has 1 heterocycles. The SMILES string of the molecule is CCC1CCC(C)CC1.CCc1ccc(C(F)(F)F)cc1.Cc1nc(N(C)C)c2ccccc2n1. The highest BCUT2D eigenvalue weighted by molar-refractivity contribution is 5.89. The van der Waals surface area contributed by atoms with Gasteiger partial charge < -0.3 is 4.90 Å². The van der Waals surface area contributed by atoms with E-state index in [1.165, 1.54) is 44.2 Å². The molecule has 0 N–H and O–H groups in total. The number of hydrogen-bond acceptors (Lipinski definition) is 3. The standard InChI is InChI=1S/C11H13N3.C9H9F3.C9H18/c1-8-12-10-7-5-4-6-9(10)11(13-8)14(2)3;1-2-7-3-5-8(6-4-7)9(10,11)12;1-3-9-6-4-8(2)5-7-9/h4-7H,1-3H3;3-6H,2H2,1H3;8-9H,3-7H2,1-2H3. The van der Waals surface area contributed by atoms with Gasteiger partial charge in [-0.25, -0.2) is 9.97 Å². The summed E-state index contributed by atoms with van der Waals surface area (Å²) in [5, 5.41) is 1.10. The summed E-state index contributed by atoms with van der Waals surface area (Å²) in [6.45, 7) is 8.52. The topological polar surface area (TPSA) is 29.0 Å². The fraction of sp³-hybridized carbons (Fsp3) is 0.517. The summed E-state index contributed by atoms with van der Waals surface area (Å²) in [5.74, 6) is 3.88. The van der Waals surface area contributed by atoms with Crippen LogP contribution in [0.2, 0.25) is 0 Å². The third kappa shape index (κ3) is 9.15. The molecule has 0 amide bonds. The monoisotopic (exact) mass is 487 g/mol. The first-order valence-electron chi connectivity index (χ1n) is 12.6. The molecule has 1 saturated carbocycles. The Kier molecular flexibility index (Phi) is 11.0. The van der Waals surface area contributed by atoms with Crippen LogP contribution in [0.1, 0.15) is 69.8 Å². The van der Waals surface area contributed by atoms with Gasteiger partial charge >= 0.3 is 6.18 Å². The van der Waals surface area contributed by atoms with E-state index >= 15 is 0 Å². The van der Waals surface area contributed by atoms with Crippen molar-refractivity contribution in [1.29, 1.82) is 0 Å². The first-order chi connectivity index (χ1) is 16.5. The Bertz CT molecular complexity index is 1020. The summed E-state index contributed by atoms with van der Waals surface area (Å²) >= 11 is 0. The summed E-state index contributed by atoms with van der Waals surface area (Å²) in [6.07, 6.45) is 3.92. The molecule has 0 saturated heterocycles. The van der Waals surface area contributed by atoms with Gasteiger partial charge in [0.25, 0.3) is 0 Å². The molecule has 0 aliphatic heterocycles. The molecular weight excluding hydrogens is 447 g/mol. The van der Waals surface area contributed by atoms with E-state index in [9.17, 15) is 13.2 Å². The molecule has 0 atom stereocenters. The highest BCUT2D eigenvalue weighted by atomic mass is 19.4. The molecule has 192 valence electrons. The van der Waals surface area contributed by atoms with Gasteiger partial charge in [0.2, 0.25) is 0 Å². The van der Waals surface area contributed by atoms with E-state index in [-0.39, 0.29) is 0 Å². The van der Waals surface area contributed by atoms with Crippen molar-refractivity contribution < 1.29 is 13.2 Å². The number of nitrogens with zero attached hydrogens (tertiary/aromatic N) is 3. The Hall–Kier alpha value is -2.63. The van der Waals surface area contributed by atoms with Crippen LogP contribution in [0.25, 0.3) is 10.9 Å². The zero-order chi connectivity index (χ0) is 26.0. The fourth-order valence-corrected chi connectivity index (χ4v) is 4.18. The molecule has 1 aliphatic carbocycles. The van der Waals surface area contributed by atoms with E-state index in [0.29, 0.717) is 0 Å². The fourth-order valence-electron chi connectivity index (χ4n) is 4.18. The zero-order valence-electron chi connectivity index (χ0n) is 22.0. The summed E-state index contributed by atoms with van der Waals surface area (Å²) in [5.41, 5.74) is 1.34. The van der Waals surface area contributed by atoms with Crippen LogP contribution in [0.5, 0.6) is 0 Å². The minimum Gasteiger partial charge on any atom is -0.362 e. The number of aromatic nitrogens is 2. The van der Waals surface area contributed by atoms with Crippen LogP contribution in [0, 0.1) is 18.8 Å². The second-order valence-corrected chi connectivity index (χ2v) is 9.59. The van der Waals surface area contributed by atoms with E-state index in [1.54, 1.807) is 0 Å². The van der Waals surface area contributed by atoms with Crippen LogP contribution in [-0.2, 0) is 12.6 Å². The molecule has 1 aromatic heterocycles. The van der Waals surface area contributed by atoms with E-state index in [2.05, 4.69) is 23.8 Å². The van der Waals surface area contributed by atoms with Crippen LogP contribution in [0.3, 0.4) is 0 Å². The third-order valence-electron chi connectivity index (χ3n) is 6.52. The molecule has 0 spiro atoms. The largest absolute Gasteiger partial charge is 0.416 e. The second-order valence-electron chi connectivity index (χ2n) is 9.59. The van der Waals surface area contributed by atoms with Gasteiger partial charge in [0.1, 0.15) is 11.6 Å². The van der Waals surface area contributed by atoms with Gasteiger partial charge in [-0.1, -0.05) is 77.1 Å². The first-order valence-corrected chi connectivity index (χ1v) is 12.6. The summed E-state index contributed by atoms with van der Waals surface area (Å²) in [6, 6.07) is 13.3.